The number of aryl methyl sites for hydroxylation is 1. The monoisotopic (exact) mass is 336 g/mol. The predicted molar refractivity (Wildman–Crippen MR) is 87.2 cm³/mol. The van der Waals surface area contributed by atoms with Crippen LogP contribution >= 0.6 is 15.9 Å². The number of amides is 1. The number of carbonyl (C=O) groups excluding carboxylic acids is 1. The highest BCUT2D eigenvalue weighted by Crippen LogP contribution is 2.25. The van der Waals surface area contributed by atoms with E-state index in [0.29, 0.717) is 0 Å². The molecule has 0 aliphatic heterocycles. The molecule has 2 aromatic rings. The molecule has 0 spiro atoms. The van der Waals surface area contributed by atoms with Crippen LogP contribution in [0.5, 0.6) is 0 Å². The zero-order valence-electron chi connectivity index (χ0n) is 12.1. The zero-order chi connectivity index (χ0) is 14.5. The summed E-state index contributed by atoms with van der Waals surface area (Å²) in [4.78, 5) is 12.3. The number of aromatic nitrogens is 1. The van der Waals surface area contributed by atoms with Gasteiger partial charge in [-0.3, -0.25) is 4.79 Å². The van der Waals surface area contributed by atoms with Crippen molar-refractivity contribution in [3.05, 3.63) is 34.4 Å². The van der Waals surface area contributed by atoms with Gasteiger partial charge in [0, 0.05) is 34.7 Å². The maximum atomic E-state index is 12.3. The van der Waals surface area contributed by atoms with Crippen molar-refractivity contribution >= 4 is 32.7 Å². The largest absolute Gasteiger partial charge is 0.352 e. The Bertz CT molecular complexity index is 604. The van der Waals surface area contributed by atoms with E-state index in [1.165, 1.54) is 6.42 Å². The van der Waals surface area contributed by atoms with Gasteiger partial charge in [-0.25, -0.2) is 0 Å². The molecule has 0 saturated carbocycles. The summed E-state index contributed by atoms with van der Waals surface area (Å²) in [7, 11) is 0. The van der Waals surface area contributed by atoms with Crippen molar-refractivity contribution in [2.45, 2.75) is 39.7 Å². The third-order valence-corrected chi connectivity index (χ3v) is 3.99. The molecular weight excluding hydrogens is 316 g/mol. The molecule has 0 atom stereocenters. The van der Waals surface area contributed by atoms with Gasteiger partial charge in [0.15, 0.2) is 0 Å². The third kappa shape index (κ3) is 3.23. The molecule has 0 saturated heterocycles. The molecule has 1 aromatic carbocycles. The van der Waals surface area contributed by atoms with Crippen molar-refractivity contribution in [1.29, 1.82) is 0 Å². The van der Waals surface area contributed by atoms with E-state index in [1.807, 2.05) is 18.3 Å². The summed E-state index contributed by atoms with van der Waals surface area (Å²) in [5, 5.41) is 4.03. The van der Waals surface area contributed by atoms with E-state index >= 15 is 0 Å². The molecule has 108 valence electrons. The van der Waals surface area contributed by atoms with Gasteiger partial charge in [-0.05, 0) is 25.5 Å². The molecule has 3 nitrogen and oxygen atoms in total. The summed E-state index contributed by atoms with van der Waals surface area (Å²) < 4.78 is 3.15. The number of nitrogens with zero attached hydrogens (tertiary/aromatic N) is 1. The molecule has 0 aliphatic carbocycles. The van der Waals surface area contributed by atoms with Crippen LogP contribution in [0.1, 0.15) is 43.5 Å². The Labute approximate surface area is 128 Å². The van der Waals surface area contributed by atoms with Crippen LogP contribution in [-0.2, 0) is 6.54 Å². The highest BCUT2D eigenvalue weighted by atomic mass is 79.9. The molecular formula is C16H21BrN2O. The first kappa shape index (κ1) is 15.1. The summed E-state index contributed by atoms with van der Waals surface area (Å²) in [5.74, 6) is 0.0284. The minimum atomic E-state index is 0.0284. The number of unbranched alkanes of at least 4 members (excludes halogenated alkanes) is 2. The van der Waals surface area contributed by atoms with Gasteiger partial charge in [0.2, 0.25) is 0 Å². The van der Waals surface area contributed by atoms with Crippen molar-refractivity contribution in [1.82, 2.24) is 9.88 Å². The number of fused-ring (bicyclic) bond motifs is 1. The van der Waals surface area contributed by atoms with E-state index in [9.17, 15) is 4.79 Å². The van der Waals surface area contributed by atoms with Gasteiger partial charge in [0.25, 0.3) is 5.91 Å². The van der Waals surface area contributed by atoms with E-state index in [-0.39, 0.29) is 5.91 Å². The van der Waals surface area contributed by atoms with Gasteiger partial charge >= 0.3 is 0 Å². The van der Waals surface area contributed by atoms with Gasteiger partial charge in [-0.1, -0.05) is 41.8 Å². The fourth-order valence-corrected chi connectivity index (χ4v) is 2.73. The van der Waals surface area contributed by atoms with Crippen molar-refractivity contribution in [3.63, 3.8) is 0 Å². The van der Waals surface area contributed by atoms with Crippen LogP contribution in [0.25, 0.3) is 10.9 Å². The average molecular weight is 337 g/mol. The van der Waals surface area contributed by atoms with Crippen LogP contribution in [-0.4, -0.2) is 17.0 Å². The van der Waals surface area contributed by atoms with Gasteiger partial charge in [-0.2, -0.15) is 0 Å². The Morgan fingerprint density at radius 2 is 2.10 bits per heavy atom. The third-order valence-electron chi connectivity index (χ3n) is 3.50. The smallest absolute Gasteiger partial charge is 0.253 e. The topological polar surface area (TPSA) is 34.0 Å². The van der Waals surface area contributed by atoms with Crippen LogP contribution in [0.3, 0.4) is 0 Å². The second-order valence-corrected chi connectivity index (χ2v) is 5.87. The molecule has 1 aromatic heterocycles. The second-order valence-electron chi connectivity index (χ2n) is 4.95. The van der Waals surface area contributed by atoms with Gasteiger partial charge < -0.3 is 9.88 Å². The summed E-state index contributed by atoms with van der Waals surface area (Å²) in [6.45, 7) is 5.86. The second kappa shape index (κ2) is 6.93. The van der Waals surface area contributed by atoms with Gasteiger partial charge in [0.05, 0.1) is 5.56 Å². The maximum Gasteiger partial charge on any atom is 0.253 e. The predicted octanol–water partition coefficient (Wildman–Crippen LogP) is 4.34. The standard InChI is InChI=1S/C16H21BrN2O/c1-3-5-6-9-18-16(20)14-11-19(4-2)15-10-12(17)7-8-13(14)15/h7-8,10-11H,3-6,9H2,1-2H3,(H,18,20). The first-order valence-electron chi connectivity index (χ1n) is 7.24. The Hall–Kier alpha value is -1.29. The van der Waals surface area contributed by atoms with Gasteiger partial charge in [0.1, 0.15) is 0 Å². The Morgan fingerprint density at radius 3 is 2.80 bits per heavy atom. The molecule has 20 heavy (non-hydrogen) atoms. The first-order valence-corrected chi connectivity index (χ1v) is 8.03. The number of rotatable bonds is 6. The average Bonchev–Trinajstić information content (AvgIpc) is 2.81. The summed E-state index contributed by atoms with van der Waals surface area (Å²) in [6, 6.07) is 6.05. The molecule has 4 heteroatoms. The number of halogens is 1. The lowest BCUT2D eigenvalue weighted by Gasteiger charge is -2.03. The van der Waals surface area contributed by atoms with Crippen molar-refractivity contribution < 1.29 is 4.79 Å². The number of hydrogen-bond donors (Lipinski definition) is 1. The SMILES string of the molecule is CCCCCNC(=O)c1cn(CC)c2cc(Br)ccc12. The van der Waals surface area contributed by atoms with Gasteiger partial charge in [-0.15, -0.1) is 0 Å². The number of hydrogen-bond acceptors (Lipinski definition) is 1. The van der Waals surface area contributed by atoms with E-state index in [0.717, 1.165) is 46.9 Å². The first-order chi connectivity index (χ1) is 9.67. The van der Waals surface area contributed by atoms with E-state index in [1.54, 1.807) is 0 Å². The Balaban J connectivity index is 2.23. The van der Waals surface area contributed by atoms with Crippen molar-refractivity contribution in [3.8, 4) is 0 Å². The number of nitrogens with one attached hydrogen (secondary N) is 1. The highest BCUT2D eigenvalue weighted by molar-refractivity contribution is 9.10. The van der Waals surface area contributed by atoms with Crippen LogP contribution in [0.4, 0.5) is 0 Å². The number of benzene rings is 1. The van der Waals surface area contributed by atoms with Crippen LogP contribution in [0, 0.1) is 0 Å². The molecule has 2 rings (SSSR count). The maximum absolute atomic E-state index is 12.3. The lowest BCUT2D eigenvalue weighted by molar-refractivity contribution is 0.0954. The molecule has 1 N–H and O–H groups in total. The van der Waals surface area contributed by atoms with Crippen LogP contribution in [0.15, 0.2) is 28.9 Å². The number of carbonyl (C=O) groups is 1. The molecule has 0 aliphatic rings. The fraction of sp³-hybridized carbons (Fsp3) is 0.438. The zero-order valence-corrected chi connectivity index (χ0v) is 13.7. The quantitative estimate of drug-likeness (QED) is 0.782. The Kier molecular flexibility index (Phi) is 5.24. The molecule has 1 heterocycles. The van der Waals surface area contributed by atoms with E-state index in [2.05, 4.69) is 45.7 Å². The molecule has 0 unspecified atom stereocenters. The van der Waals surface area contributed by atoms with E-state index in [4.69, 9.17) is 0 Å². The van der Waals surface area contributed by atoms with Crippen molar-refractivity contribution in [2.24, 2.45) is 0 Å². The molecule has 0 fully saturated rings. The normalized spacial score (nSPS) is 10.9. The molecule has 0 bridgehead atoms. The minimum Gasteiger partial charge on any atom is -0.352 e. The fourth-order valence-electron chi connectivity index (χ4n) is 2.38. The minimum absolute atomic E-state index is 0.0284. The van der Waals surface area contributed by atoms with Crippen LogP contribution in [0.2, 0.25) is 0 Å². The summed E-state index contributed by atoms with van der Waals surface area (Å²) >= 11 is 3.49. The summed E-state index contributed by atoms with van der Waals surface area (Å²) in [6.07, 6.45) is 5.31. The summed E-state index contributed by atoms with van der Waals surface area (Å²) in [5.41, 5.74) is 1.87. The lowest BCUT2D eigenvalue weighted by atomic mass is 10.1. The lowest BCUT2D eigenvalue weighted by Crippen LogP contribution is -2.24. The molecule has 1 amide bonds. The molecule has 0 radical (unpaired) electrons. The van der Waals surface area contributed by atoms with E-state index < -0.39 is 0 Å². The van der Waals surface area contributed by atoms with Crippen LogP contribution < -0.4 is 5.32 Å². The Morgan fingerprint density at radius 1 is 1.30 bits per heavy atom. The van der Waals surface area contributed by atoms with Crippen molar-refractivity contribution in [2.75, 3.05) is 6.54 Å². The highest BCUT2D eigenvalue weighted by Gasteiger charge is 2.14.